The maximum atomic E-state index is 2.76. The number of likely N-dealkylation sites (N-methyl/N-ethyl adjacent to an activating group) is 1. The van der Waals surface area contributed by atoms with Gasteiger partial charge in [0.25, 0.3) is 0 Å². The molecule has 2 heterocycles. The third-order valence-electron chi connectivity index (χ3n) is 6.62. The van der Waals surface area contributed by atoms with Crippen LogP contribution in [0.2, 0.25) is 0 Å². The maximum Gasteiger partial charge on any atom is 0.0352 e. The lowest BCUT2D eigenvalue weighted by molar-refractivity contribution is 0.102. The van der Waals surface area contributed by atoms with E-state index >= 15 is 0 Å². The van der Waals surface area contributed by atoms with Gasteiger partial charge in [0, 0.05) is 32.2 Å². The zero-order valence-electron chi connectivity index (χ0n) is 15.5. The summed E-state index contributed by atoms with van der Waals surface area (Å²) in [5, 5.41) is 0. The SMILES string of the molecule is CN1CCC(c2ccc3c(c2)C(N2CCN(C)CC2)CCC3)CC1. The smallest absolute Gasteiger partial charge is 0.0352 e. The second-order valence-corrected chi connectivity index (χ2v) is 8.28. The molecule has 2 saturated heterocycles. The summed E-state index contributed by atoms with van der Waals surface area (Å²) in [4.78, 5) is 7.70. The molecule has 3 nitrogen and oxygen atoms in total. The first-order chi connectivity index (χ1) is 11.7. The number of benzene rings is 1. The topological polar surface area (TPSA) is 9.72 Å². The molecule has 4 rings (SSSR count). The Labute approximate surface area is 147 Å². The fraction of sp³-hybridized carbons (Fsp3) is 0.714. The molecule has 1 unspecified atom stereocenters. The number of piperidine rings is 1. The molecule has 1 aromatic rings. The largest absolute Gasteiger partial charge is 0.306 e. The number of nitrogens with zero attached hydrogens (tertiary/aromatic N) is 3. The van der Waals surface area contributed by atoms with Crippen LogP contribution in [0.1, 0.15) is 54.3 Å². The molecule has 0 amide bonds. The molecule has 1 aliphatic carbocycles. The van der Waals surface area contributed by atoms with Crippen LogP contribution in [0, 0.1) is 0 Å². The number of aryl methyl sites for hydroxylation is 1. The molecular weight excluding hydrogens is 294 g/mol. The molecule has 0 aromatic heterocycles. The highest BCUT2D eigenvalue weighted by molar-refractivity contribution is 5.38. The minimum absolute atomic E-state index is 0.675. The molecule has 3 aliphatic rings. The van der Waals surface area contributed by atoms with Crippen LogP contribution in [-0.4, -0.2) is 68.1 Å². The van der Waals surface area contributed by atoms with Crippen LogP contribution in [0.15, 0.2) is 18.2 Å². The summed E-state index contributed by atoms with van der Waals surface area (Å²) in [5.74, 6) is 0.779. The summed E-state index contributed by atoms with van der Waals surface area (Å²) >= 11 is 0. The van der Waals surface area contributed by atoms with Gasteiger partial charge in [-0.05, 0) is 81.9 Å². The summed E-state index contributed by atoms with van der Waals surface area (Å²) in [6.45, 7) is 7.42. The Balaban J connectivity index is 1.55. The molecule has 132 valence electrons. The van der Waals surface area contributed by atoms with Crippen molar-refractivity contribution in [2.24, 2.45) is 0 Å². The van der Waals surface area contributed by atoms with Crippen molar-refractivity contribution < 1.29 is 0 Å². The summed E-state index contributed by atoms with van der Waals surface area (Å²) < 4.78 is 0. The molecule has 0 N–H and O–H groups in total. The van der Waals surface area contributed by atoms with Gasteiger partial charge in [0.15, 0.2) is 0 Å². The van der Waals surface area contributed by atoms with Gasteiger partial charge in [-0.25, -0.2) is 0 Å². The van der Waals surface area contributed by atoms with E-state index in [2.05, 4.69) is 47.0 Å². The number of likely N-dealkylation sites (tertiary alicyclic amines) is 1. The lowest BCUT2D eigenvalue weighted by Gasteiger charge is -2.41. The van der Waals surface area contributed by atoms with Crippen LogP contribution in [0.25, 0.3) is 0 Å². The normalized spacial score (nSPS) is 28.0. The second kappa shape index (κ2) is 7.15. The highest BCUT2D eigenvalue weighted by atomic mass is 15.3. The van der Waals surface area contributed by atoms with Crippen molar-refractivity contribution in [3.63, 3.8) is 0 Å². The van der Waals surface area contributed by atoms with Gasteiger partial charge in [0.2, 0.25) is 0 Å². The molecule has 1 aromatic carbocycles. The van der Waals surface area contributed by atoms with Crippen molar-refractivity contribution in [3.8, 4) is 0 Å². The van der Waals surface area contributed by atoms with Crippen LogP contribution in [0.3, 0.4) is 0 Å². The van der Waals surface area contributed by atoms with E-state index in [1.54, 1.807) is 16.7 Å². The van der Waals surface area contributed by atoms with Crippen molar-refractivity contribution in [2.45, 2.75) is 44.1 Å². The summed E-state index contributed by atoms with van der Waals surface area (Å²) in [6.07, 6.45) is 6.65. The lowest BCUT2D eigenvalue weighted by atomic mass is 9.81. The van der Waals surface area contributed by atoms with Crippen LogP contribution in [0.5, 0.6) is 0 Å². The average Bonchev–Trinajstić information content (AvgIpc) is 2.62. The molecule has 3 heteroatoms. The quantitative estimate of drug-likeness (QED) is 0.826. The number of piperazine rings is 1. The number of hydrogen-bond acceptors (Lipinski definition) is 3. The Morgan fingerprint density at radius 3 is 2.29 bits per heavy atom. The fourth-order valence-corrected chi connectivity index (χ4v) is 4.90. The molecule has 2 aliphatic heterocycles. The van der Waals surface area contributed by atoms with E-state index in [-0.39, 0.29) is 0 Å². The summed E-state index contributed by atoms with van der Waals surface area (Å²) in [7, 11) is 4.51. The van der Waals surface area contributed by atoms with Crippen LogP contribution >= 0.6 is 0 Å². The third kappa shape index (κ3) is 3.40. The van der Waals surface area contributed by atoms with E-state index in [9.17, 15) is 0 Å². The fourth-order valence-electron chi connectivity index (χ4n) is 4.90. The third-order valence-corrected chi connectivity index (χ3v) is 6.62. The highest BCUT2D eigenvalue weighted by Crippen LogP contribution is 2.38. The maximum absolute atomic E-state index is 2.76. The molecule has 0 radical (unpaired) electrons. The Kier molecular flexibility index (Phi) is 4.93. The average molecular weight is 328 g/mol. The van der Waals surface area contributed by atoms with Gasteiger partial charge in [-0.1, -0.05) is 18.2 Å². The molecule has 0 saturated carbocycles. The van der Waals surface area contributed by atoms with Gasteiger partial charge in [-0.2, -0.15) is 0 Å². The minimum atomic E-state index is 0.675. The molecule has 1 atom stereocenters. The Morgan fingerprint density at radius 2 is 1.54 bits per heavy atom. The van der Waals surface area contributed by atoms with Crippen LogP contribution < -0.4 is 0 Å². The molecular formula is C21H33N3. The first kappa shape index (κ1) is 16.6. The molecule has 24 heavy (non-hydrogen) atoms. The number of fused-ring (bicyclic) bond motifs is 1. The van der Waals surface area contributed by atoms with E-state index in [0.29, 0.717) is 6.04 Å². The van der Waals surface area contributed by atoms with Crippen LogP contribution in [0.4, 0.5) is 0 Å². The van der Waals surface area contributed by atoms with Crippen LogP contribution in [-0.2, 0) is 6.42 Å². The van der Waals surface area contributed by atoms with Crippen molar-refractivity contribution in [1.29, 1.82) is 0 Å². The first-order valence-corrected chi connectivity index (χ1v) is 9.94. The number of rotatable bonds is 2. The lowest BCUT2D eigenvalue weighted by Crippen LogP contribution is -2.46. The predicted octanol–water partition coefficient (Wildman–Crippen LogP) is 3.12. The monoisotopic (exact) mass is 327 g/mol. The van der Waals surface area contributed by atoms with Gasteiger partial charge in [0.05, 0.1) is 0 Å². The predicted molar refractivity (Wildman–Crippen MR) is 101 cm³/mol. The van der Waals surface area contributed by atoms with Gasteiger partial charge in [-0.3, -0.25) is 4.90 Å². The van der Waals surface area contributed by atoms with Crippen molar-refractivity contribution in [2.75, 3.05) is 53.4 Å². The summed E-state index contributed by atoms with van der Waals surface area (Å²) in [6, 6.07) is 8.19. The zero-order valence-corrected chi connectivity index (χ0v) is 15.5. The molecule has 0 bridgehead atoms. The van der Waals surface area contributed by atoms with Crippen molar-refractivity contribution >= 4 is 0 Å². The van der Waals surface area contributed by atoms with E-state index in [1.807, 2.05) is 0 Å². The van der Waals surface area contributed by atoms with Gasteiger partial charge < -0.3 is 9.80 Å². The van der Waals surface area contributed by atoms with Gasteiger partial charge in [-0.15, -0.1) is 0 Å². The van der Waals surface area contributed by atoms with Crippen molar-refractivity contribution in [1.82, 2.24) is 14.7 Å². The highest BCUT2D eigenvalue weighted by Gasteiger charge is 2.29. The van der Waals surface area contributed by atoms with E-state index in [4.69, 9.17) is 0 Å². The number of hydrogen-bond donors (Lipinski definition) is 0. The van der Waals surface area contributed by atoms with Crippen molar-refractivity contribution in [3.05, 3.63) is 34.9 Å². The van der Waals surface area contributed by atoms with E-state index < -0.39 is 0 Å². The van der Waals surface area contributed by atoms with Gasteiger partial charge >= 0.3 is 0 Å². The Morgan fingerprint density at radius 1 is 0.833 bits per heavy atom. The summed E-state index contributed by atoms with van der Waals surface area (Å²) in [5.41, 5.74) is 4.91. The van der Waals surface area contributed by atoms with E-state index in [1.165, 1.54) is 71.4 Å². The van der Waals surface area contributed by atoms with Gasteiger partial charge in [0.1, 0.15) is 0 Å². The minimum Gasteiger partial charge on any atom is -0.306 e. The Hall–Kier alpha value is -0.900. The molecule has 2 fully saturated rings. The standard InChI is InChI=1S/C21H33N3/c1-22-10-8-17(9-11-22)19-7-6-18-4-3-5-21(20(18)16-19)24-14-12-23(2)13-15-24/h6-7,16-17,21H,3-5,8-15H2,1-2H3. The Bertz CT molecular complexity index is 554. The first-order valence-electron chi connectivity index (χ1n) is 9.94. The zero-order chi connectivity index (χ0) is 16.5. The molecule has 0 spiro atoms. The second-order valence-electron chi connectivity index (χ2n) is 8.28. The van der Waals surface area contributed by atoms with E-state index in [0.717, 1.165) is 5.92 Å².